The standard InChI is InChI=1S/C13H18Cl2N2O/c1-8(2)17-13(18)9(3)16-7-10-4-11(14)6-12(15)5-10/h4-6,8-9,16H,7H2,1-3H3,(H,17,18). The molecule has 1 aromatic carbocycles. The number of benzene rings is 1. The molecule has 18 heavy (non-hydrogen) atoms. The maximum Gasteiger partial charge on any atom is 0.237 e. The van der Waals surface area contributed by atoms with E-state index in [0.29, 0.717) is 16.6 Å². The predicted octanol–water partition coefficient (Wildman–Crippen LogP) is 3.00. The van der Waals surface area contributed by atoms with Gasteiger partial charge in [-0.1, -0.05) is 23.2 Å². The highest BCUT2D eigenvalue weighted by Crippen LogP contribution is 2.18. The second-order valence-electron chi connectivity index (χ2n) is 4.54. The van der Waals surface area contributed by atoms with Crippen molar-refractivity contribution in [3.05, 3.63) is 33.8 Å². The summed E-state index contributed by atoms with van der Waals surface area (Å²) in [6, 6.07) is 5.22. The highest BCUT2D eigenvalue weighted by molar-refractivity contribution is 6.34. The minimum absolute atomic E-state index is 0.0156. The molecule has 0 aliphatic rings. The lowest BCUT2D eigenvalue weighted by atomic mass is 10.2. The number of hydrogen-bond acceptors (Lipinski definition) is 2. The second kappa shape index (κ2) is 6.98. The molecule has 0 aromatic heterocycles. The molecule has 1 rings (SSSR count). The van der Waals surface area contributed by atoms with Crippen molar-refractivity contribution in [1.29, 1.82) is 0 Å². The third-order valence-electron chi connectivity index (χ3n) is 2.36. The summed E-state index contributed by atoms with van der Waals surface area (Å²) in [4.78, 5) is 11.7. The molecule has 0 spiro atoms. The number of carbonyl (C=O) groups is 1. The Morgan fingerprint density at radius 2 is 1.72 bits per heavy atom. The number of carbonyl (C=O) groups excluding carboxylic acids is 1. The van der Waals surface area contributed by atoms with Gasteiger partial charge in [0.1, 0.15) is 0 Å². The minimum Gasteiger partial charge on any atom is -0.353 e. The molecule has 5 heteroatoms. The van der Waals surface area contributed by atoms with Gasteiger partial charge in [-0.05, 0) is 44.5 Å². The summed E-state index contributed by atoms with van der Waals surface area (Å²) in [6.07, 6.45) is 0. The van der Waals surface area contributed by atoms with Gasteiger partial charge in [0, 0.05) is 22.6 Å². The molecule has 0 aliphatic carbocycles. The molecule has 3 nitrogen and oxygen atoms in total. The van der Waals surface area contributed by atoms with Crippen LogP contribution in [0, 0.1) is 0 Å². The monoisotopic (exact) mass is 288 g/mol. The van der Waals surface area contributed by atoms with Crippen LogP contribution in [0.2, 0.25) is 10.0 Å². The molecule has 0 radical (unpaired) electrons. The third-order valence-corrected chi connectivity index (χ3v) is 2.80. The SMILES string of the molecule is CC(C)NC(=O)C(C)NCc1cc(Cl)cc(Cl)c1. The van der Waals surface area contributed by atoms with E-state index >= 15 is 0 Å². The van der Waals surface area contributed by atoms with E-state index in [0.717, 1.165) is 5.56 Å². The van der Waals surface area contributed by atoms with Crippen molar-refractivity contribution in [3.8, 4) is 0 Å². The number of halogens is 2. The second-order valence-corrected chi connectivity index (χ2v) is 5.42. The molecular weight excluding hydrogens is 271 g/mol. The average Bonchev–Trinajstić information content (AvgIpc) is 2.23. The highest BCUT2D eigenvalue weighted by Gasteiger charge is 2.12. The molecule has 1 aromatic rings. The lowest BCUT2D eigenvalue weighted by molar-refractivity contribution is -0.123. The first-order chi connectivity index (χ1) is 8.38. The molecule has 0 bridgehead atoms. The number of amides is 1. The summed E-state index contributed by atoms with van der Waals surface area (Å²) >= 11 is 11.8. The quantitative estimate of drug-likeness (QED) is 0.875. The normalized spacial score (nSPS) is 12.6. The maximum atomic E-state index is 11.7. The Bertz CT molecular complexity index is 401. The van der Waals surface area contributed by atoms with Crippen LogP contribution in [0.15, 0.2) is 18.2 Å². The summed E-state index contributed by atoms with van der Waals surface area (Å²) in [5, 5.41) is 7.17. The maximum absolute atomic E-state index is 11.7. The van der Waals surface area contributed by atoms with E-state index in [4.69, 9.17) is 23.2 Å². The Hall–Kier alpha value is -0.770. The highest BCUT2D eigenvalue weighted by atomic mass is 35.5. The lowest BCUT2D eigenvalue weighted by Gasteiger charge is -2.16. The zero-order chi connectivity index (χ0) is 13.7. The van der Waals surface area contributed by atoms with Crippen molar-refractivity contribution in [1.82, 2.24) is 10.6 Å². The van der Waals surface area contributed by atoms with Crippen LogP contribution in [0.4, 0.5) is 0 Å². The number of rotatable bonds is 5. The zero-order valence-corrected chi connectivity index (χ0v) is 12.3. The predicted molar refractivity (Wildman–Crippen MR) is 76.0 cm³/mol. The number of nitrogens with one attached hydrogen (secondary N) is 2. The van der Waals surface area contributed by atoms with Gasteiger partial charge in [0.05, 0.1) is 6.04 Å². The molecule has 2 N–H and O–H groups in total. The first-order valence-electron chi connectivity index (χ1n) is 5.87. The fourth-order valence-electron chi connectivity index (χ4n) is 1.49. The molecular formula is C13H18Cl2N2O. The Balaban J connectivity index is 2.51. The Labute approximate surface area is 118 Å². The summed E-state index contributed by atoms with van der Waals surface area (Å²) in [6.45, 7) is 6.24. The van der Waals surface area contributed by atoms with Crippen molar-refractivity contribution in [3.63, 3.8) is 0 Å². The Kier molecular flexibility index (Phi) is 5.93. The van der Waals surface area contributed by atoms with E-state index in [-0.39, 0.29) is 18.0 Å². The van der Waals surface area contributed by atoms with E-state index in [1.165, 1.54) is 0 Å². The van der Waals surface area contributed by atoms with Crippen molar-refractivity contribution in [2.45, 2.75) is 39.4 Å². The van der Waals surface area contributed by atoms with Crippen LogP contribution in [0.25, 0.3) is 0 Å². The first kappa shape index (κ1) is 15.3. The van der Waals surface area contributed by atoms with Crippen LogP contribution in [-0.2, 0) is 11.3 Å². The Morgan fingerprint density at radius 3 is 2.22 bits per heavy atom. The summed E-state index contributed by atoms with van der Waals surface area (Å²) < 4.78 is 0. The summed E-state index contributed by atoms with van der Waals surface area (Å²) in [5.41, 5.74) is 0.955. The van der Waals surface area contributed by atoms with E-state index in [2.05, 4.69) is 10.6 Å². The summed E-state index contributed by atoms with van der Waals surface area (Å²) in [5.74, 6) is -0.0156. The van der Waals surface area contributed by atoms with E-state index in [1.807, 2.05) is 32.9 Å². The topological polar surface area (TPSA) is 41.1 Å². The van der Waals surface area contributed by atoms with Gasteiger partial charge in [-0.25, -0.2) is 0 Å². The van der Waals surface area contributed by atoms with Gasteiger partial charge in [0.25, 0.3) is 0 Å². The largest absolute Gasteiger partial charge is 0.353 e. The van der Waals surface area contributed by atoms with Gasteiger partial charge in [-0.2, -0.15) is 0 Å². The van der Waals surface area contributed by atoms with Crippen LogP contribution in [-0.4, -0.2) is 18.0 Å². The molecule has 1 atom stereocenters. The molecule has 0 fully saturated rings. The Morgan fingerprint density at radius 1 is 1.17 bits per heavy atom. The molecule has 1 amide bonds. The van der Waals surface area contributed by atoms with Crippen LogP contribution in [0.5, 0.6) is 0 Å². The first-order valence-corrected chi connectivity index (χ1v) is 6.63. The fraction of sp³-hybridized carbons (Fsp3) is 0.462. The molecule has 0 saturated heterocycles. The van der Waals surface area contributed by atoms with Crippen LogP contribution in [0.3, 0.4) is 0 Å². The van der Waals surface area contributed by atoms with Gasteiger partial charge in [-0.3, -0.25) is 4.79 Å². The van der Waals surface area contributed by atoms with E-state index in [1.54, 1.807) is 6.07 Å². The van der Waals surface area contributed by atoms with Gasteiger partial charge in [-0.15, -0.1) is 0 Å². The van der Waals surface area contributed by atoms with Crippen molar-refractivity contribution in [2.24, 2.45) is 0 Å². The third kappa shape index (κ3) is 5.25. The number of hydrogen-bond donors (Lipinski definition) is 2. The van der Waals surface area contributed by atoms with Crippen LogP contribution in [0.1, 0.15) is 26.3 Å². The summed E-state index contributed by atoms with van der Waals surface area (Å²) in [7, 11) is 0. The van der Waals surface area contributed by atoms with Crippen molar-refractivity contribution < 1.29 is 4.79 Å². The molecule has 1 unspecified atom stereocenters. The van der Waals surface area contributed by atoms with Crippen molar-refractivity contribution >= 4 is 29.1 Å². The van der Waals surface area contributed by atoms with Crippen LogP contribution >= 0.6 is 23.2 Å². The van der Waals surface area contributed by atoms with Gasteiger partial charge < -0.3 is 10.6 Å². The van der Waals surface area contributed by atoms with Crippen LogP contribution < -0.4 is 10.6 Å². The minimum atomic E-state index is -0.259. The van der Waals surface area contributed by atoms with Gasteiger partial charge in [0.15, 0.2) is 0 Å². The van der Waals surface area contributed by atoms with Crippen molar-refractivity contribution in [2.75, 3.05) is 0 Å². The average molecular weight is 289 g/mol. The zero-order valence-electron chi connectivity index (χ0n) is 10.8. The van der Waals surface area contributed by atoms with E-state index in [9.17, 15) is 4.79 Å². The fourth-order valence-corrected chi connectivity index (χ4v) is 2.06. The lowest BCUT2D eigenvalue weighted by Crippen LogP contribution is -2.44. The molecule has 0 heterocycles. The molecule has 0 saturated carbocycles. The molecule has 0 aliphatic heterocycles. The van der Waals surface area contributed by atoms with Gasteiger partial charge >= 0.3 is 0 Å². The molecule has 100 valence electrons. The van der Waals surface area contributed by atoms with Gasteiger partial charge in [0.2, 0.25) is 5.91 Å². The smallest absolute Gasteiger partial charge is 0.237 e. The van der Waals surface area contributed by atoms with E-state index < -0.39 is 0 Å².